The smallest absolute Gasteiger partial charge is 0.124 e. The first-order valence-corrected chi connectivity index (χ1v) is 8.38. The average molecular weight is 286 g/mol. The van der Waals surface area contributed by atoms with Crippen molar-refractivity contribution in [1.29, 1.82) is 0 Å². The lowest BCUT2D eigenvalue weighted by Gasteiger charge is -2.47. The van der Waals surface area contributed by atoms with Crippen molar-refractivity contribution in [3.8, 4) is 5.75 Å². The summed E-state index contributed by atoms with van der Waals surface area (Å²) in [7, 11) is 0. The third kappa shape index (κ3) is 2.36. The second kappa shape index (κ2) is 4.99. The lowest BCUT2D eigenvalue weighted by molar-refractivity contribution is -0.00228. The normalized spacial score (nSPS) is 34.9. The van der Waals surface area contributed by atoms with Gasteiger partial charge in [0.15, 0.2) is 0 Å². The molecule has 2 fully saturated rings. The van der Waals surface area contributed by atoms with Gasteiger partial charge < -0.3 is 10.1 Å². The first-order chi connectivity index (χ1) is 10.1. The molecule has 0 bridgehead atoms. The van der Waals surface area contributed by atoms with E-state index < -0.39 is 0 Å². The Balaban J connectivity index is 1.70. The molecule has 3 atom stereocenters. The molecule has 114 valence electrons. The zero-order valence-electron chi connectivity index (χ0n) is 13.1. The number of benzene rings is 1. The highest BCUT2D eigenvalue weighted by Gasteiger charge is 2.43. The van der Waals surface area contributed by atoms with Gasteiger partial charge in [0.05, 0.1) is 0 Å². The molecule has 0 spiro atoms. The summed E-state index contributed by atoms with van der Waals surface area (Å²) in [5.41, 5.74) is 1.32. The Kier molecular flexibility index (Phi) is 3.23. The predicted molar refractivity (Wildman–Crippen MR) is 84.6 cm³/mol. The molecule has 0 saturated carbocycles. The third-order valence-corrected chi connectivity index (χ3v) is 5.47. The fourth-order valence-corrected chi connectivity index (χ4v) is 4.55. The van der Waals surface area contributed by atoms with Crippen LogP contribution in [0.4, 0.5) is 0 Å². The molecule has 3 unspecified atom stereocenters. The molecule has 21 heavy (non-hydrogen) atoms. The number of ether oxygens (including phenoxy) is 1. The molecule has 3 heterocycles. The van der Waals surface area contributed by atoms with Crippen LogP contribution in [-0.2, 0) is 0 Å². The molecule has 1 aromatic carbocycles. The van der Waals surface area contributed by atoms with Crippen LogP contribution in [0.15, 0.2) is 24.3 Å². The maximum Gasteiger partial charge on any atom is 0.124 e. The zero-order valence-corrected chi connectivity index (χ0v) is 13.1. The molecule has 0 aromatic heterocycles. The molecule has 0 aliphatic carbocycles. The Hall–Kier alpha value is -1.06. The number of piperidine rings is 1. The van der Waals surface area contributed by atoms with Crippen molar-refractivity contribution < 1.29 is 4.74 Å². The first-order valence-electron chi connectivity index (χ1n) is 8.38. The number of hydrogen-bond acceptors (Lipinski definition) is 3. The molecule has 0 amide bonds. The van der Waals surface area contributed by atoms with Crippen LogP contribution in [-0.4, -0.2) is 36.2 Å². The van der Waals surface area contributed by atoms with E-state index in [1.807, 2.05) is 0 Å². The van der Waals surface area contributed by atoms with E-state index in [1.165, 1.54) is 31.5 Å². The van der Waals surface area contributed by atoms with E-state index in [9.17, 15) is 0 Å². The van der Waals surface area contributed by atoms with Crippen LogP contribution in [0.2, 0.25) is 0 Å². The Morgan fingerprint density at radius 1 is 1.24 bits per heavy atom. The van der Waals surface area contributed by atoms with Gasteiger partial charge in [-0.3, -0.25) is 4.90 Å². The minimum atomic E-state index is -0.0714. The van der Waals surface area contributed by atoms with Gasteiger partial charge in [-0.2, -0.15) is 0 Å². The number of nitrogens with one attached hydrogen (secondary N) is 1. The molecule has 2 saturated heterocycles. The summed E-state index contributed by atoms with van der Waals surface area (Å²) in [6.45, 7) is 8.05. The van der Waals surface area contributed by atoms with Crippen LogP contribution in [0.3, 0.4) is 0 Å². The van der Waals surface area contributed by atoms with E-state index in [1.54, 1.807) is 0 Å². The van der Waals surface area contributed by atoms with E-state index in [-0.39, 0.29) is 5.60 Å². The molecule has 1 aromatic rings. The van der Waals surface area contributed by atoms with Crippen LogP contribution >= 0.6 is 0 Å². The number of nitrogens with zero attached hydrogens (tertiary/aromatic N) is 1. The van der Waals surface area contributed by atoms with Crippen molar-refractivity contribution in [2.45, 2.75) is 50.8 Å². The van der Waals surface area contributed by atoms with Crippen molar-refractivity contribution in [3.63, 3.8) is 0 Å². The number of likely N-dealkylation sites (tertiary alicyclic amines) is 1. The summed E-state index contributed by atoms with van der Waals surface area (Å²) < 4.78 is 6.21. The van der Waals surface area contributed by atoms with Crippen LogP contribution in [0.25, 0.3) is 0 Å². The fourth-order valence-electron chi connectivity index (χ4n) is 4.55. The maximum absolute atomic E-state index is 6.21. The minimum Gasteiger partial charge on any atom is -0.487 e. The number of para-hydroxylation sites is 1. The van der Waals surface area contributed by atoms with Gasteiger partial charge in [-0.1, -0.05) is 18.2 Å². The molecular weight excluding hydrogens is 260 g/mol. The van der Waals surface area contributed by atoms with Crippen molar-refractivity contribution in [2.75, 3.05) is 19.6 Å². The van der Waals surface area contributed by atoms with E-state index >= 15 is 0 Å². The summed E-state index contributed by atoms with van der Waals surface area (Å²) in [6, 6.07) is 9.87. The summed E-state index contributed by atoms with van der Waals surface area (Å²) in [5.74, 6) is 1.93. The first kappa shape index (κ1) is 13.6. The quantitative estimate of drug-likeness (QED) is 0.859. The fraction of sp³-hybridized carbons (Fsp3) is 0.667. The van der Waals surface area contributed by atoms with Gasteiger partial charge in [-0.05, 0) is 51.8 Å². The molecule has 0 radical (unpaired) electrons. The lowest BCUT2D eigenvalue weighted by atomic mass is 9.84. The summed E-state index contributed by atoms with van der Waals surface area (Å²) in [5, 5.41) is 3.61. The van der Waals surface area contributed by atoms with Crippen LogP contribution in [0.5, 0.6) is 5.75 Å². The molecule has 3 aliphatic heterocycles. The molecule has 3 nitrogen and oxygen atoms in total. The van der Waals surface area contributed by atoms with Gasteiger partial charge in [0.2, 0.25) is 0 Å². The van der Waals surface area contributed by atoms with Gasteiger partial charge in [0.1, 0.15) is 11.4 Å². The minimum absolute atomic E-state index is 0.0714. The largest absolute Gasteiger partial charge is 0.487 e. The van der Waals surface area contributed by atoms with Gasteiger partial charge in [0, 0.05) is 30.6 Å². The molecular formula is C18H26N2O. The second-order valence-electron chi connectivity index (χ2n) is 7.49. The Morgan fingerprint density at radius 3 is 3.00 bits per heavy atom. The average Bonchev–Trinajstić information content (AvgIpc) is 2.93. The van der Waals surface area contributed by atoms with E-state index in [2.05, 4.69) is 48.3 Å². The molecule has 3 aliphatic rings. The van der Waals surface area contributed by atoms with Crippen molar-refractivity contribution in [3.05, 3.63) is 29.8 Å². The molecule has 4 rings (SSSR count). The maximum atomic E-state index is 6.21. The monoisotopic (exact) mass is 286 g/mol. The van der Waals surface area contributed by atoms with Crippen LogP contribution < -0.4 is 10.1 Å². The van der Waals surface area contributed by atoms with Crippen molar-refractivity contribution >= 4 is 0 Å². The van der Waals surface area contributed by atoms with E-state index in [0.717, 1.165) is 24.6 Å². The number of rotatable bonds is 1. The Bertz CT molecular complexity index is 528. The SMILES string of the molecule is CC1(C)CC(N2CCCC3CNCC32)c2ccccc2O1. The lowest BCUT2D eigenvalue weighted by Crippen LogP contribution is -2.50. The van der Waals surface area contributed by atoms with Gasteiger partial charge in [-0.15, -0.1) is 0 Å². The highest BCUT2D eigenvalue weighted by Crippen LogP contribution is 2.45. The van der Waals surface area contributed by atoms with Gasteiger partial charge >= 0.3 is 0 Å². The topological polar surface area (TPSA) is 24.5 Å². The van der Waals surface area contributed by atoms with Crippen molar-refractivity contribution in [1.82, 2.24) is 10.2 Å². The molecule has 3 heteroatoms. The summed E-state index contributed by atoms with van der Waals surface area (Å²) in [4.78, 5) is 2.78. The number of hydrogen-bond donors (Lipinski definition) is 1. The second-order valence-corrected chi connectivity index (χ2v) is 7.49. The predicted octanol–water partition coefficient (Wildman–Crippen LogP) is 2.97. The van der Waals surface area contributed by atoms with Crippen LogP contribution in [0.1, 0.15) is 44.7 Å². The van der Waals surface area contributed by atoms with Gasteiger partial charge in [0.25, 0.3) is 0 Å². The zero-order chi connectivity index (χ0) is 14.4. The highest BCUT2D eigenvalue weighted by atomic mass is 16.5. The number of fused-ring (bicyclic) bond motifs is 2. The highest BCUT2D eigenvalue weighted by molar-refractivity contribution is 5.39. The summed E-state index contributed by atoms with van der Waals surface area (Å²) in [6.07, 6.45) is 3.82. The van der Waals surface area contributed by atoms with E-state index in [4.69, 9.17) is 4.74 Å². The van der Waals surface area contributed by atoms with E-state index in [0.29, 0.717) is 12.1 Å². The summed E-state index contributed by atoms with van der Waals surface area (Å²) >= 11 is 0. The third-order valence-electron chi connectivity index (χ3n) is 5.47. The Morgan fingerprint density at radius 2 is 2.10 bits per heavy atom. The Labute approximate surface area is 127 Å². The standard InChI is InChI=1S/C18H26N2O/c1-18(2)10-15(14-7-3-4-8-17(14)21-18)20-9-5-6-13-11-19-12-16(13)20/h3-4,7-8,13,15-16,19H,5-6,9-12H2,1-2H3. The van der Waals surface area contributed by atoms with Gasteiger partial charge in [-0.25, -0.2) is 0 Å². The van der Waals surface area contributed by atoms with Crippen molar-refractivity contribution in [2.24, 2.45) is 5.92 Å². The van der Waals surface area contributed by atoms with Crippen LogP contribution in [0, 0.1) is 5.92 Å². The molecule has 1 N–H and O–H groups in total.